The number of carbonyl (C=O) groups is 1. The third kappa shape index (κ3) is 4.25. The Morgan fingerprint density at radius 1 is 1.26 bits per heavy atom. The van der Waals surface area contributed by atoms with Crippen LogP contribution in [-0.4, -0.2) is 28.9 Å². The molecule has 0 saturated heterocycles. The van der Waals surface area contributed by atoms with Crippen LogP contribution in [0.1, 0.15) is 43.0 Å². The summed E-state index contributed by atoms with van der Waals surface area (Å²) in [6.45, 7) is 2.11. The molecular weight excluding hydrogens is 258 g/mol. The molecule has 0 heterocycles. The molecule has 0 atom stereocenters. The molecule has 2 rings (SSSR count). The Balaban J connectivity index is 1.88. The Bertz CT molecular complexity index is 411. The highest BCUT2D eigenvalue weighted by molar-refractivity contribution is 7.99. The first kappa shape index (κ1) is 14.4. The van der Waals surface area contributed by atoms with E-state index in [1.807, 2.05) is 24.3 Å². The molecule has 0 spiro atoms. The molecule has 1 aromatic rings. The number of aliphatic hydroxyl groups excluding tert-OH is 1. The summed E-state index contributed by atoms with van der Waals surface area (Å²) in [4.78, 5) is 13.3. The van der Waals surface area contributed by atoms with Crippen molar-refractivity contribution in [3.05, 3.63) is 29.8 Å². The zero-order valence-electron chi connectivity index (χ0n) is 11.3. The number of carbonyl (C=O) groups excluding carboxylic acids is 1. The first-order valence-electron chi connectivity index (χ1n) is 6.91. The fraction of sp³-hybridized carbons (Fsp3) is 0.533. The summed E-state index contributed by atoms with van der Waals surface area (Å²) in [5, 5.41) is 12.5. The van der Waals surface area contributed by atoms with E-state index in [1.165, 1.54) is 4.90 Å². The molecule has 1 amide bonds. The number of rotatable bonds is 4. The average molecular weight is 279 g/mol. The van der Waals surface area contributed by atoms with Gasteiger partial charge in [0.1, 0.15) is 0 Å². The maximum Gasteiger partial charge on any atom is 0.251 e. The smallest absolute Gasteiger partial charge is 0.251 e. The number of benzene rings is 1. The number of hydrogen-bond acceptors (Lipinski definition) is 3. The van der Waals surface area contributed by atoms with Gasteiger partial charge in [-0.3, -0.25) is 4.79 Å². The van der Waals surface area contributed by atoms with Crippen LogP contribution in [0.4, 0.5) is 0 Å². The van der Waals surface area contributed by atoms with Gasteiger partial charge in [-0.25, -0.2) is 0 Å². The minimum Gasteiger partial charge on any atom is -0.393 e. The summed E-state index contributed by atoms with van der Waals surface area (Å²) in [7, 11) is 0. The third-order valence-corrected chi connectivity index (χ3v) is 4.35. The van der Waals surface area contributed by atoms with E-state index < -0.39 is 0 Å². The van der Waals surface area contributed by atoms with Crippen molar-refractivity contribution in [2.45, 2.75) is 49.6 Å². The largest absolute Gasteiger partial charge is 0.393 e. The lowest BCUT2D eigenvalue weighted by atomic mass is 9.93. The fourth-order valence-corrected chi connectivity index (χ4v) is 3.02. The topological polar surface area (TPSA) is 49.3 Å². The molecule has 2 N–H and O–H groups in total. The van der Waals surface area contributed by atoms with E-state index in [0.29, 0.717) is 5.56 Å². The molecule has 0 aliphatic heterocycles. The SMILES string of the molecule is CCSc1ccc(C(=O)NC2CCC(O)CC2)cc1. The van der Waals surface area contributed by atoms with Crippen LogP contribution in [0.3, 0.4) is 0 Å². The molecule has 0 bridgehead atoms. The fourth-order valence-electron chi connectivity index (χ4n) is 2.36. The molecule has 1 aromatic carbocycles. The van der Waals surface area contributed by atoms with E-state index in [4.69, 9.17) is 0 Å². The molecule has 104 valence electrons. The third-order valence-electron chi connectivity index (χ3n) is 3.46. The summed E-state index contributed by atoms with van der Waals surface area (Å²) in [6.07, 6.45) is 3.14. The predicted molar refractivity (Wildman–Crippen MR) is 78.6 cm³/mol. The van der Waals surface area contributed by atoms with Gasteiger partial charge < -0.3 is 10.4 Å². The first-order chi connectivity index (χ1) is 9.19. The maximum absolute atomic E-state index is 12.1. The van der Waals surface area contributed by atoms with Crippen molar-refractivity contribution in [3.63, 3.8) is 0 Å². The van der Waals surface area contributed by atoms with Crippen molar-refractivity contribution in [3.8, 4) is 0 Å². The molecular formula is C15H21NO2S. The Labute approximate surface area is 118 Å². The summed E-state index contributed by atoms with van der Waals surface area (Å²) >= 11 is 1.77. The van der Waals surface area contributed by atoms with Gasteiger partial charge in [0.2, 0.25) is 0 Å². The van der Waals surface area contributed by atoms with Crippen LogP contribution in [0.25, 0.3) is 0 Å². The quantitative estimate of drug-likeness (QED) is 0.833. The lowest BCUT2D eigenvalue weighted by molar-refractivity contribution is 0.0867. The van der Waals surface area contributed by atoms with Crippen molar-refractivity contribution in [2.24, 2.45) is 0 Å². The molecule has 0 unspecified atom stereocenters. The van der Waals surface area contributed by atoms with E-state index in [-0.39, 0.29) is 18.1 Å². The summed E-state index contributed by atoms with van der Waals surface area (Å²) in [5.41, 5.74) is 0.714. The number of thioether (sulfide) groups is 1. The summed E-state index contributed by atoms with van der Waals surface area (Å²) in [5.74, 6) is 1.03. The second kappa shape index (κ2) is 6.96. The molecule has 19 heavy (non-hydrogen) atoms. The predicted octanol–water partition coefficient (Wildman–Crippen LogP) is 2.83. The normalized spacial score (nSPS) is 23.1. The lowest BCUT2D eigenvalue weighted by Gasteiger charge is -2.26. The average Bonchev–Trinajstić information content (AvgIpc) is 2.42. The van der Waals surface area contributed by atoms with Gasteiger partial charge in [-0.1, -0.05) is 6.92 Å². The molecule has 1 fully saturated rings. The van der Waals surface area contributed by atoms with Crippen molar-refractivity contribution < 1.29 is 9.90 Å². The Morgan fingerprint density at radius 2 is 1.89 bits per heavy atom. The summed E-state index contributed by atoms with van der Waals surface area (Å²) < 4.78 is 0. The molecule has 4 heteroatoms. The molecule has 0 radical (unpaired) electrons. The summed E-state index contributed by atoms with van der Waals surface area (Å²) in [6, 6.07) is 7.96. The highest BCUT2D eigenvalue weighted by atomic mass is 32.2. The van der Waals surface area contributed by atoms with Crippen LogP contribution in [0.5, 0.6) is 0 Å². The zero-order valence-corrected chi connectivity index (χ0v) is 12.1. The Hall–Kier alpha value is -1.00. The van der Waals surface area contributed by atoms with Crippen LogP contribution in [-0.2, 0) is 0 Å². The van der Waals surface area contributed by atoms with Gasteiger partial charge in [0.05, 0.1) is 6.10 Å². The van der Waals surface area contributed by atoms with Gasteiger partial charge in [0.15, 0.2) is 0 Å². The van der Waals surface area contributed by atoms with Gasteiger partial charge in [-0.2, -0.15) is 0 Å². The highest BCUT2D eigenvalue weighted by Gasteiger charge is 2.21. The van der Waals surface area contributed by atoms with Gasteiger partial charge in [-0.05, 0) is 55.7 Å². The van der Waals surface area contributed by atoms with Crippen LogP contribution in [0.15, 0.2) is 29.2 Å². The monoisotopic (exact) mass is 279 g/mol. The molecule has 1 aliphatic rings. The van der Waals surface area contributed by atoms with Crippen LogP contribution in [0, 0.1) is 0 Å². The second-order valence-electron chi connectivity index (χ2n) is 4.94. The van der Waals surface area contributed by atoms with Crippen molar-refractivity contribution in [2.75, 3.05) is 5.75 Å². The minimum atomic E-state index is -0.182. The molecule has 1 saturated carbocycles. The highest BCUT2D eigenvalue weighted by Crippen LogP contribution is 2.20. The number of nitrogens with one attached hydrogen (secondary N) is 1. The lowest BCUT2D eigenvalue weighted by Crippen LogP contribution is -2.38. The van der Waals surface area contributed by atoms with Crippen molar-refractivity contribution in [1.82, 2.24) is 5.32 Å². The number of hydrogen-bond donors (Lipinski definition) is 2. The van der Waals surface area contributed by atoms with E-state index in [2.05, 4.69) is 12.2 Å². The number of aliphatic hydroxyl groups is 1. The van der Waals surface area contributed by atoms with Crippen molar-refractivity contribution >= 4 is 17.7 Å². The van der Waals surface area contributed by atoms with Gasteiger partial charge >= 0.3 is 0 Å². The molecule has 0 aromatic heterocycles. The zero-order chi connectivity index (χ0) is 13.7. The second-order valence-corrected chi connectivity index (χ2v) is 6.27. The van der Waals surface area contributed by atoms with E-state index in [9.17, 15) is 9.90 Å². The van der Waals surface area contributed by atoms with Gasteiger partial charge in [0, 0.05) is 16.5 Å². The standard InChI is InChI=1S/C15H21NO2S/c1-2-19-14-9-3-11(4-10-14)15(18)16-12-5-7-13(17)8-6-12/h3-4,9-10,12-13,17H,2,5-8H2,1H3,(H,16,18). The molecule has 3 nitrogen and oxygen atoms in total. The van der Waals surface area contributed by atoms with E-state index in [0.717, 1.165) is 31.4 Å². The Morgan fingerprint density at radius 3 is 2.47 bits per heavy atom. The minimum absolute atomic E-state index is 0.00515. The van der Waals surface area contributed by atoms with Gasteiger partial charge in [0.25, 0.3) is 5.91 Å². The maximum atomic E-state index is 12.1. The van der Waals surface area contributed by atoms with Crippen LogP contribution < -0.4 is 5.32 Å². The van der Waals surface area contributed by atoms with E-state index in [1.54, 1.807) is 11.8 Å². The van der Waals surface area contributed by atoms with Crippen LogP contribution >= 0.6 is 11.8 Å². The van der Waals surface area contributed by atoms with Crippen LogP contribution in [0.2, 0.25) is 0 Å². The molecule has 1 aliphatic carbocycles. The Kier molecular flexibility index (Phi) is 5.28. The van der Waals surface area contributed by atoms with Crippen molar-refractivity contribution in [1.29, 1.82) is 0 Å². The first-order valence-corrected chi connectivity index (χ1v) is 7.89. The number of amides is 1. The van der Waals surface area contributed by atoms with E-state index >= 15 is 0 Å². The van der Waals surface area contributed by atoms with Gasteiger partial charge in [-0.15, -0.1) is 11.8 Å².